The largest absolute Gasteiger partial charge is 0.464 e. The zero-order chi connectivity index (χ0) is 23.7. The first kappa shape index (κ1) is 22.3. The molecule has 2 N–H and O–H groups in total. The third kappa shape index (κ3) is 4.61. The van der Waals surface area contributed by atoms with Gasteiger partial charge in [0.1, 0.15) is 11.4 Å². The average molecular weight is 458 g/mol. The lowest BCUT2D eigenvalue weighted by atomic mass is 9.91. The molecule has 1 saturated carbocycles. The minimum atomic E-state index is 0.0537. The summed E-state index contributed by atoms with van der Waals surface area (Å²) in [5, 5.41) is 8.83. The Morgan fingerprint density at radius 3 is 2.56 bits per heavy atom. The normalized spacial score (nSPS) is 18.3. The van der Waals surface area contributed by atoms with Gasteiger partial charge in [-0.3, -0.25) is 4.79 Å². The van der Waals surface area contributed by atoms with Crippen molar-refractivity contribution in [3.8, 4) is 0 Å². The highest BCUT2D eigenvalue weighted by molar-refractivity contribution is 5.90. The average Bonchev–Trinajstić information content (AvgIpc) is 2.84. The fourth-order valence-corrected chi connectivity index (χ4v) is 4.75. The van der Waals surface area contributed by atoms with E-state index in [1.807, 2.05) is 62.3 Å². The third-order valence-electron chi connectivity index (χ3n) is 6.65. The van der Waals surface area contributed by atoms with Crippen molar-refractivity contribution in [1.29, 1.82) is 0 Å². The third-order valence-corrected chi connectivity index (χ3v) is 6.65. The molecule has 0 spiro atoms. The molecule has 2 heterocycles. The van der Waals surface area contributed by atoms with Gasteiger partial charge in [0.05, 0.1) is 17.2 Å². The first-order valence-corrected chi connectivity index (χ1v) is 11.9. The van der Waals surface area contributed by atoms with Crippen LogP contribution >= 0.6 is 0 Å². The van der Waals surface area contributed by atoms with Crippen molar-refractivity contribution in [2.45, 2.75) is 51.2 Å². The molecule has 0 saturated heterocycles. The molecule has 5 rings (SSSR count). The highest BCUT2D eigenvalue weighted by atomic mass is 16.3. The Labute approximate surface area is 199 Å². The molecule has 34 heavy (non-hydrogen) atoms. The fraction of sp³-hybridized carbons (Fsp3) is 0.370. The van der Waals surface area contributed by atoms with Crippen LogP contribution in [0.5, 0.6) is 0 Å². The number of benzene rings is 2. The SMILES string of the molecule is Cc1ccc2occ(CNC3CCC(Nc4nc(N(C)C)c5ccccc5n4)CC3)c(=O)c2c1. The fourth-order valence-electron chi connectivity index (χ4n) is 4.75. The summed E-state index contributed by atoms with van der Waals surface area (Å²) < 4.78 is 5.69. The van der Waals surface area contributed by atoms with Crippen LogP contribution in [0.15, 0.2) is 57.9 Å². The Hall–Kier alpha value is -3.45. The molecule has 7 heteroatoms. The highest BCUT2D eigenvalue weighted by Gasteiger charge is 2.22. The van der Waals surface area contributed by atoms with Gasteiger partial charge < -0.3 is 20.0 Å². The van der Waals surface area contributed by atoms with E-state index in [0.29, 0.717) is 41.1 Å². The molecule has 0 amide bonds. The number of hydrogen-bond donors (Lipinski definition) is 2. The van der Waals surface area contributed by atoms with Gasteiger partial charge in [-0.15, -0.1) is 0 Å². The second-order valence-corrected chi connectivity index (χ2v) is 9.45. The van der Waals surface area contributed by atoms with E-state index in [4.69, 9.17) is 14.4 Å². The van der Waals surface area contributed by atoms with Crippen molar-refractivity contribution in [2.75, 3.05) is 24.3 Å². The number of rotatable bonds is 6. The summed E-state index contributed by atoms with van der Waals surface area (Å²) in [5.41, 5.74) is 3.38. The molecule has 7 nitrogen and oxygen atoms in total. The Balaban J connectivity index is 1.20. The molecule has 0 unspecified atom stereocenters. The Morgan fingerprint density at radius 1 is 1.00 bits per heavy atom. The lowest BCUT2D eigenvalue weighted by molar-refractivity contribution is 0.351. The second-order valence-electron chi connectivity index (χ2n) is 9.45. The molecule has 0 atom stereocenters. The molecule has 1 aliphatic carbocycles. The van der Waals surface area contributed by atoms with Gasteiger partial charge in [0.15, 0.2) is 5.43 Å². The summed E-state index contributed by atoms with van der Waals surface area (Å²) in [6, 6.07) is 14.5. The van der Waals surface area contributed by atoms with E-state index in [0.717, 1.165) is 48.0 Å². The van der Waals surface area contributed by atoms with Crippen molar-refractivity contribution in [1.82, 2.24) is 15.3 Å². The molecule has 0 radical (unpaired) electrons. The predicted octanol–water partition coefficient (Wildman–Crippen LogP) is 4.62. The minimum absolute atomic E-state index is 0.0537. The predicted molar refractivity (Wildman–Crippen MR) is 138 cm³/mol. The van der Waals surface area contributed by atoms with Crippen molar-refractivity contribution >= 4 is 33.6 Å². The number of anilines is 2. The topological polar surface area (TPSA) is 83.3 Å². The maximum Gasteiger partial charge on any atom is 0.225 e. The number of fused-ring (bicyclic) bond motifs is 2. The van der Waals surface area contributed by atoms with Crippen LogP contribution in [0.4, 0.5) is 11.8 Å². The number of para-hydroxylation sites is 1. The highest BCUT2D eigenvalue weighted by Crippen LogP contribution is 2.26. The van der Waals surface area contributed by atoms with Crippen LogP contribution < -0.4 is 21.0 Å². The standard InChI is InChI=1S/C27H31N5O2/c1-17-8-13-24-22(14-17)25(33)18(16-34-24)15-28-19-9-11-20(12-10-19)29-27-30-23-7-5-4-6-21(23)26(31-27)32(2)3/h4-8,13-14,16,19-20,28H,9-12,15H2,1-3H3,(H,29,30,31). The van der Waals surface area contributed by atoms with E-state index in [2.05, 4.69) is 16.7 Å². The molecule has 1 fully saturated rings. The Kier molecular flexibility index (Phi) is 6.20. The Morgan fingerprint density at radius 2 is 1.76 bits per heavy atom. The van der Waals surface area contributed by atoms with E-state index in [1.54, 1.807) is 6.26 Å². The lowest BCUT2D eigenvalue weighted by Gasteiger charge is -2.30. The van der Waals surface area contributed by atoms with E-state index >= 15 is 0 Å². The maximum atomic E-state index is 12.8. The van der Waals surface area contributed by atoms with Gasteiger partial charge in [0, 0.05) is 43.7 Å². The summed E-state index contributed by atoms with van der Waals surface area (Å²) in [4.78, 5) is 24.4. The zero-order valence-corrected chi connectivity index (χ0v) is 20.0. The first-order chi connectivity index (χ1) is 16.5. The lowest BCUT2D eigenvalue weighted by Crippen LogP contribution is -2.37. The van der Waals surface area contributed by atoms with Crippen LogP contribution in [0.1, 0.15) is 36.8 Å². The summed E-state index contributed by atoms with van der Waals surface area (Å²) in [7, 11) is 4.01. The van der Waals surface area contributed by atoms with Crippen LogP contribution in [0.3, 0.4) is 0 Å². The molecular formula is C27H31N5O2. The number of aryl methyl sites for hydroxylation is 1. The molecular weight excluding hydrogens is 426 g/mol. The number of nitrogens with zero attached hydrogens (tertiary/aromatic N) is 3. The quantitative estimate of drug-likeness (QED) is 0.437. The maximum absolute atomic E-state index is 12.8. The van der Waals surface area contributed by atoms with E-state index in [-0.39, 0.29) is 5.43 Å². The monoisotopic (exact) mass is 457 g/mol. The summed E-state index contributed by atoms with van der Waals surface area (Å²) in [6.07, 6.45) is 5.71. The summed E-state index contributed by atoms with van der Waals surface area (Å²) in [6.45, 7) is 2.51. The van der Waals surface area contributed by atoms with Gasteiger partial charge in [-0.05, 0) is 56.9 Å². The van der Waals surface area contributed by atoms with Crippen molar-refractivity contribution in [2.24, 2.45) is 0 Å². The zero-order valence-electron chi connectivity index (χ0n) is 20.0. The van der Waals surface area contributed by atoms with Gasteiger partial charge in [-0.1, -0.05) is 23.8 Å². The number of hydrogen-bond acceptors (Lipinski definition) is 7. The molecule has 2 aromatic carbocycles. The Bertz CT molecular complexity index is 1370. The van der Waals surface area contributed by atoms with Gasteiger partial charge in [0.25, 0.3) is 0 Å². The molecule has 1 aliphatic rings. The van der Waals surface area contributed by atoms with Gasteiger partial charge in [-0.2, -0.15) is 4.98 Å². The van der Waals surface area contributed by atoms with Crippen LogP contribution in [0, 0.1) is 6.92 Å². The molecule has 0 aliphatic heterocycles. The van der Waals surface area contributed by atoms with Gasteiger partial charge in [0.2, 0.25) is 5.95 Å². The molecule has 4 aromatic rings. The second kappa shape index (κ2) is 9.43. The number of nitrogens with one attached hydrogen (secondary N) is 2. The van der Waals surface area contributed by atoms with Crippen LogP contribution in [0.2, 0.25) is 0 Å². The van der Waals surface area contributed by atoms with Crippen LogP contribution in [-0.4, -0.2) is 36.1 Å². The van der Waals surface area contributed by atoms with E-state index < -0.39 is 0 Å². The van der Waals surface area contributed by atoms with E-state index in [9.17, 15) is 4.79 Å². The minimum Gasteiger partial charge on any atom is -0.464 e. The first-order valence-electron chi connectivity index (χ1n) is 11.9. The van der Waals surface area contributed by atoms with Crippen LogP contribution in [0.25, 0.3) is 21.9 Å². The van der Waals surface area contributed by atoms with Gasteiger partial charge in [-0.25, -0.2) is 4.98 Å². The molecule has 176 valence electrons. The van der Waals surface area contributed by atoms with E-state index in [1.165, 1.54) is 0 Å². The van der Waals surface area contributed by atoms with Crippen molar-refractivity contribution < 1.29 is 4.42 Å². The van der Waals surface area contributed by atoms with Crippen molar-refractivity contribution in [3.63, 3.8) is 0 Å². The number of aromatic nitrogens is 2. The van der Waals surface area contributed by atoms with Gasteiger partial charge >= 0.3 is 0 Å². The van der Waals surface area contributed by atoms with Crippen molar-refractivity contribution in [3.05, 3.63) is 70.1 Å². The summed E-state index contributed by atoms with van der Waals surface area (Å²) in [5.74, 6) is 1.61. The van der Waals surface area contributed by atoms with Crippen LogP contribution in [-0.2, 0) is 6.54 Å². The molecule has 2 aromatic heterocycles. The smallest absolute Gasteiger partial charge is 0.225 e. The summed E-state index contributed by atoms with van der Waals surface area (Å²) >= 11 is 0. The molecule has 0 bridgehead atoms.